The number of nitrogens with one attached hydrogen (secondary N) is 1. The molecule has 124 valence electrons. The lowest BCUT2D eigenvalue weighted by atomic mass is 10.2. The summed E-state index contributed by atoms with van der Waals surface area (Å²) in [6, 6.07) is 13.9. The van der Waals surface area contributed by atoms with Gasteiger partial charge in [0, 0.05) is 31.7 Å². The van der Waals surface area contributed by atoms with Gasteiger partial charge in [-0.1, -0.05) is 30.3 Å². The average Bonchev–Trinajstić information content (AvgIpc) is 3.07. The Kier molecular flexibility index (Phi) is 4.35. The van der Waals surface area contributed by atoms with Crippen molar-refractivity contribution in [2.75, 3.05) is 44.7 Å². The monoisotopic (exact) mass is 324 g/mol. The molecular formula is C17H20N6O. The van der Waals surface area contributed by atoms with Gasteiger partial charge in [-0.3, -0.25) is 4.90 Å². The largest absolute Gasteiger partial charge is 0.379 e. The van der Waals surface area contributed by atoms with Gasteiger partial charge in [-0.25, -0.2) is 0 Å². The summed E-state index contributed by atoms with van der Waals surface area (Å²) in [5, 5.41) is 16.5. The zero-order chi connectivity index (χ0) is 16.2. The smallest absolute Gasteiger partial charge is 0.185 e. The summed E-state index contributed by atoms with van der Waals surface area (Å²) in [5.41, 5.74) is 1.75. The summed E-state index contributed by atoms with van der Waals surface area (Å²) >= 11 is 0. The molecular weight excluding hydrogens is 304 g/mol. The van der Waals surface area contributed by atoms with E-state index in [9.17, 15) is 0 Å². The van der Waals surface area contributed by atoms with Gasteiger partial charge in [0.05, 0.1) is 13.2 Å². The summed E-state index contributed by atoms with van der Waals surface area (Å²) in [5.74, 6) is 1.58. The summed E-state index contributed by atoms with van der Waals surface area (Å²) < 4.78 is 7.15. The Morgan fingerprint density at radius 3 is 2.67 bits per heavy atom. The molecule has 2 aromatic heterocycles. The van der Waals surface area contributed by atoms with Crippen molar-refractivity contribution in [1.82, 2.24) is 24.7 Å². The molecule has 1 N–H and O–H groups in total. The van der Waals surface area contributed by atoms with Crippen molar-refractivity contribution < 1.29 is 4.74 Å². The lowest BCUT2D eigenvalue weighted by Gasteiger charge is -2.26. The third-order valence-electron chi connectivity index (χ3n) is 4.13. The van der Waals surface area contributed by atoms with Gasteiger partial charge < -0.3 is 10.1 Å². The van der Waals surface area contributed by atoms with Crippen molar-refractivity contribution in [2.24, 2.45) is 0 Å². The van der Waals surface area contributed by atoms with Crippen LogP contribution in [-0.4, -0.2) is 64.1 Å². The van der Waals surface area contributed by atoms with Gasteiger partial charge in [-0.15, -0.1) is 15.3 Å². The number of nitrogens with zero attached hydrogens (tertiary/aromatic N) is 5. The summed E-state index contributed by atoms with van der Waals surface area (Å²) in [7, 11) is 0. The minimum absolute atomic E-state index is 0.743. The van der Waals surface area contributed by atoms with Crippen LogP contribution in [0, 0.1) is 0 Å². The van der Waals surface area contributed by atoms with Crippen LogP contribution in [0.2, 0.25) is 0 Å². The van der Waals surface area contributed by atoms with Crippen LogP contribution in [0.3, 0.4) is 0 Å². The van der Waals surface area contributed by atoms with Crippen LogP contribution in [0.5, 0.6) is 0 Å². The van der Waals surface area contributed by atoms with E-state index >= 15 is 0 Å². The normalized spacial score (nSPS) is 15.7. The minimum Gasteiger partial charge on any atom is -0.379 e. The molecule has 1 fully saturated rings. The second-order valence-corrected chi connectivity index (χ2v) is 5.76. The first kappa shape index (κ1) is 15.0. The van der Waals surface area contributed by atoms with Gasteiger partial charge in [0.15, 0.2) is 11.5 Å². The Balaban J connectivity index is 1.48. The minimum atomic E-state index is 0.743. The molecule has 4 rings (SSSR count). The number of hydrogen-bond acceptors (Lipinski definition) is 6. The van der Waals surface area contributed by atoms with Gasteiger partial charge >= 0.3 is 0 Å². The van der Waals surface area contributed by atoms with Crippen molar-refractivity contribution in [3.05, 3.63) is 42.5 Å². The van der Waals surface area contributed by atoms with E-state index in [4.69, 9.17) is 4.74 Å². The first-order valence-electron chi connectivity index (χ1n) is 8.22. The second-order valence-electron chi connectivity index (χ2n) is 5.76. The summed E-state index contributed by atoms with van der Waals surface area (Å²) in [6.45, 7) is 5.48. The highest BCUT2D eigenvalue weighted by atomic mass is 16.5. The predicted molar refractivity (Wildman–Crippen MR) is 92.0 cm³/mol. The van der Waals surface area contributed by atoms with Crippen LogP contribution in [0.4, 0.5) is 5.82 Å². The van der Waals surface area contributed by atoms with Crippen molar-refractivity contribution in [3.8, 4) is 11.4 Å². The highest BCUT2D eigenvalue weighted by Gasteiger charge is 2.11. The number of anilines is 1. The van der Waals surface area contributed by atoms with Crippen LogP contribution in [0.1, 0.15) is 0 Å². The molecule has 1 saturated heterocycles. The zero-order valence-corrected chi connectivity index (χ0v) is 13.4. The Morgan fingerprint density at radius 2 is 1.83 bits per heavy atom. The highest BCUT2D eigenvalue weighted by molar-refractivity contribution is 5.59. The van der Waals surface area contributed by atoms with E-state index in [1.54, 1.807) is 4.52 Å². The van der Waals surface area contributed by atoms with Crippen LogP contribution in [-0.2, 0) is 4.74 Å². The molecule has 1 aliphatic rings. The van der Waals surface area contributed by atoms with Crippen LogP contribution in [0.15, 0.2) is 42.5 Å². The Morgan fingerprint density at radius 1 is 1.00 bits per heavy atom. The molecule has 1 aliphatic heterocycles. The zero-order valence-electron chi connectivity index (χ0n) is 13.4. The molecule has 1 aromatic carbocycles. The quantitative estimate of drug-likeness (QED) is 0.768. The molecule has 7 heteroatoms. The Hall–Kier alpha value is -2.51. The fraction of sp³-hybridized carbons (Fsp3) is 0.353. The van der Waals surface area contributed by atoms with Gasteiger partial charge in [-0.2, -0.15) is 4.52 Å². The Bertz CT molecular complexity index is 797. The van der Waals surface area contributed by atoms with Crippen LogP contribution < -0.4 is 5.32 Å². The topological polar surface area (TPSA) is 67.6 Å². The molecule has 3 aromatic rings. The Labute approximate surface area is 140 Å². The predicted octanol–water partition coefficient (Wildman–Crippen LogP) is 1.54. The number of fused-ring (bicyclic) bond motifs is 1. The van der Waals surface area contributed by atoms with Crippen molar-refractivity contribution >= 4 is 11.5 Å². The maximum Gasteiger partial charge on any atom is 0.185 e. The molecule has 0 radical (unpaired) electrons. The summed E-state index contributed by atoms with van der Waals surface area (Å²) in [4.78, 5) is 2.39. The van der Waals surface area contributed by atoms with Crippen molar-refractivity contribution in [1.29, 1.82) is 0 Å². The molecule has 0 amide bonds. The molecule has 0 saturated carbocycles. The SMILES string of the molecule is c1ccc(-c2nnc3ccc(NCCN4CCOCC4)nn23)cc1. The first-order valence-corrected chi connectivity index (χ1v) is 8.22. The molecule has 0 spiro atoms. The number of hydrogen-bond donors (Lipinski definition) is 1. The fourth-order valence-electron chi connectivity index (χ4n) is 2.82. The van der Waals surface area contributed by atoms with E-state index < -0.39 is 0 Å². The third kappa shape index (κ3) is 3.22. The van der Waals surface area contributed by atoms with Gasteiger partial charge in [0.1, 0.15) is 5.82 Å². The van der Waals surface area contributed by atoms with E-state index in [2.05, 4.69) is 25.5 Å². The van der Waals surface area contributed by atoms with Crippen molar-refractivity contribution in [2.45, 2.75) is 0 Å². The lowest BCUT2D eigenvalue weighted by molar-refractivity contribution is 0.0398. The van der Waals surface area contributed by atoms with E-state index in [1.807, 2.05) is 42.5 Å². The standard InChI is InChI=1S/C17H20N6O/c1-2-4-14(5-3-1)17-20-19-16-7-6-15(21-23(16)17)18-8-9-22-10-12-24-13-11-22/h1-7H,8-13H2,(H,18,21). The molecule has 3 heterocycles. The number of aromatic nitrogens is 4. The molecule has 7 nitrogen and oxygen atoms in total. The van der Waals surface area contributed by atoms with E-state index in [0.717, 1.165) is 62.2 Å². The molecule has 0 unspecified atom stereocenters. The molecule has 0 aliphatic carbocycles. The molecule has 24 heavy (non-hydrogen) atoms. The second kappa shape index (κ2) is 6.94. The van der Waals surface area contributed by atoms with E-state index in [-0.39, 0.29) is 0 Å². The van der Waals surface area contributed by atoms with E-state index in [1.165, 1.54) is 0 Å². The molecule has 0 atom stereocenters. The number of rotatable bonds is 5. The molecule has 0 bridgehead atoms. The lowest BCUT2D eigenvalue weighted by Crippen LogP contribution is -2.39. The highest BCUT2D eigenvalue weighted by Crippen LogP contribution is 2.17. The number of ether oxygens (including phenoxy) is 1. The fourth-order valence-corrected chi connectivity index (χ4v) is 2.82. The van der Waals surface area contributed by atoms with Gasteiger partial charge in [-0.05, 0) is 12.1 Å². The van der Waals surface area contributed by atoms with Crippen LogP contribution in [0.25, 0.3) is 17.0 Å². The maximum absolute atomic E-state index is 5.37. The van der Waals surface area contributed by atoms with Crippen molar-refractivity contribution in [3.63, 3.8) is 0 Å². The maximum atomic E-state index is 5.37. The van der Waals surface area contributed by atoms with Crippen LogP contribution >= 0.6 is 0 Å². The van der Waals surface area contributed by atoms with E-state index in [0.29, 0.717) is 0 Å². The first-order chi connectivity index (χ1) is 11.9. The number of morpholine rings is 1. The summed E-state index contributed by atoms with van der Waals surface area (Å²) in [6.07, 6.45) is 0. The van der Waals surface area contributed by atoms with Gasteiger partial charge in [0.2, 0.25) is 0 Å². The van der Waals surface area contributed by atoms with Gasteiger partial charge in [0.25, 0.3) is 0 Å². The third-order valence-corrected chi connectivity index (χ3v) is 4.13. The number of benzene rings is 1. The average molecular weight is 324 g/mol.